The monoisotopic (exact) mass is 412 g/mol. The van der Waals surface area contributed by atoms with Gasteiger partial charge in [0.15, 0.2) is 0 Å². The summed E-state index contributed by atoms with van der Waals surface area (Å²) in [5.74, 6) is 0. The zero-order chi connectivity index (χ0) is 8.04. The maximum absolute atomic E-state index is 11.5. The third kappa shape index (κ3) is 4.09. The second-order valence-corrected chi connectivity index (χ2v) is 2.75. The molecule has 0 spiro atoms. The second kappa shape index (κ2) is 5.42. The van der Waals surface area contributed by atoms with Gasteiger partial charge in [-0.25, -0.2) is 0 Å². The van der Waals surface area contributed by atoms with E-state index in [0.717, 1.165) is 24.1 Å². The zero-order valence-corrected chi connectivity index (χ0v) is 14.1. The zero-order valence-electron chi connectivity index (χ0n) is 7.73. The molecule has 0 atom stereocenters. The van der Waals surface area contributed by atoms with Gasteiger partial charge >= 0.3 is 0 Å². The van der Waals surface area contributed by atoms with Gasteiger partial charge in [-0.15, -0.1) is 0 Å². The minimum absolute atomic E-state index is 0. The number of hydrogen-bond acceptors (Lipinski definition) is 0. The van der Waals surface area contributed by atoms with E-state index in [4.69, 9.17) is 0 Å². The minimum atomic E-state index is 0. The van der Waals surface area contributed by atoms with Crippen molar-refractivity contribution in [3.8, 4) is 0 Å². The van der Waals surface area contributed by atoms with Crippen LogP contribution >= 0.6 is 0 Å². The molecule has 0 aliphatic rings. The molecule has 1 nitrogen and oxygen atoms in total. The second-order valence-electron chi connectivity index (χ2n) is 2.75. The summed E-state index contributed by atoms with van der Waals surface area (Å²) in [6.07, 6.45) is 3.00. The van der Waals surface area contributed by atoms with E-state index in [1.807, 2.05) is 0 Å². The molecule has 0 bridgehead atoms. The van der Waals surface area contributed by atoms with Gasteiger partial charge in [0, 0.05) is 0 Å². The van der Waals surface area contributed by atoms with Gasteiger partial charge in [0.05, 0.1) is 26.7 Å². The van der Waals surface area contributed by atoms with E-state index in [1.165, 1.54) is 6.08 Å². The standard InChI is InChI=1S/C8H16FN.Rf/c1-4-10(3,5-2)8-6-7-9;/h6H,4-5,8H2,1-3H3;. The van der Waals surface area contributed by atoms with Gasteiger partial charge in [-0.2, -0.15) is 6.08 Å². The summed E-state index contributed by atoms with van der Waals surface area (Å²) in [7, 11) is 2.10. The molecule has 0 heterocycles. The number of halogens is 1. The summed E-state index contributed by atoms with van der Waals surface area (Å²) in [6, 6.07) is 0. The number of hydrogen-bond donors (Lipinski definition) is 0. The largest absolute Gasteiger partial charge is 0.458 e. The van der Waals surface area contributed by atoms with Crippen molar-refractivity contribution in [3.05, 3.63) is 12.4 Å². The minimum Gasteiger partial charge on any atom is -0.458 e. The van der Waals surface area contributed by atoms with E-state index in [1.54, 1.807) is 6.33 Å². The van der Waals surface area contributed by atoms with Crippen molar-refractivity contribution in [2.75, 3.05) is 26.7 Å². The maximum atomic E-state index is 11.5. The van der Waals surface area contributed by atoms with Gasteiger partial charge in [0.1, 0.15) is 0 Å². The van der Waals surface area contributed by atoms with Gasteiger partial charge in [-0.1, -0.05) is 0 Å². The normalized spacial score (nSPS) is 11.6. The Morgan fingerprint density at radius 1 is 1.36 bits per heavy atom. The molecule has 11 heavy (non-hydrogen) atoms. The van der Waals surface area contributed by atoms with Gasteiger partial charge in [-0.3, -0.25) is 0 Å². The van der Waals surface area contributed by atoms with Crippen LogP contribution in [0.25, 0.3) is 0 Å². The molecule has 0 saturated carbocycles. The van der Waals surface area contributed by atoms with Crippen LogP contribution in [0.1, 0.15) is 13.8 Å². The Balaban J connectivity index is 0. The van der Waals surface area contributed by atoms with Gasteiger partial charge in [0.25, 0.3) is 0 Å². The van der Waals surface area contributed by atoms with Gasteiger partial charge < -0.3 is 15.2 Å². The molecule has 0 aromatic heterocycles. The quantitative estimate of drug-likeness (QED) is 0.488. The first-order chi connectivity index (χ1) is 4.68. The number of nitrogens with zero attached hydrogens (tertiary/aromatic N) is 1. The van der Waals surface area contributed by atoms with E-state index >= 15 is 0 Å². The summed E-state index contributed by atoms with van der Waals surface area (Å²) in [6.45, 7) is 7.03. The fourth-order valence-corrected chi connectivity index (χ4v) is 0.737. The van der Waals surface area contributed by atoms with Crippen molar-refractivity contribution in [2.24, 2.45) is 0 Å². The van der Waals surface area contributed by atoms with Crippen LogP contribution in [0.5, 0.6) is 0 Å². The smallest absolute Gasteiger partial charge is 0.0757 e. The predicted molar refractivity (Wildman–Crippen MR) is 41.1 cm³/mol. The Bertz CT molecular complexity index is 111. The maximum Gasteiger partial charge on any atom is 0.0757 e. The molecule has 0 saturated heterocycles. The van der Waals surface area contributed by atoms with Crippen molar-refractivity contribution < 1.29 is 8.87 Å². The van der Waals surface area contributed by atoms with E-state index in [-0.39, 0.29) is 0 Å². The van der Waals surface area contributed by atoms with E-state index in [0.29, 0.717) is 0 Å². The first-order valence-electron chi connectivity index (χ1n) is 3.70. The molecular weight excluding hydrogens is 396 g/mol. The summed E-state index contributed by atoms with van der Waals surface area (Å²) in [4.78, 5) is 0. The summed E-state index contributed by atoms with van der Waals surface area (Å²) in [5, 5.41) is 0. The van der Waals surface area contributed by atoms with Crippen molar-refractivity contribution >= 4 is 0 Å². The number of rotatable bonds is 4. The average Bonchev–Trinajstić information content (AvgIpc) is 2.00. The van der Waals surface area contributed by atoms with Crippen molar-refractivity contribution in [3.63, 3.8) is 0 Å². The molecule has 0 aliphatic carbocycles. The van der Waals surface area contributed by atoms with E-state index in [2.05, 4.69) is 20.9 Å². The van der Waals surface area contributed by atoms with Crippen molar-refractivity contribution in [1.82, 2.24) is 0 Å². The van der Waals surface area contributed by atoms with E-state index in [9.17, 15) is 4.39 Å². The molecule has 0 rings (SSSR count). The van der Waals surface area contributed by atoms with Gasteiger partial charge in [-0.05, 0) is 13.8 Å². The van der Waals surface area contributed by atoms with Crippen LogP contribution < -0.4 is 0 Å². The van der Waals surface area contributed by atoms with Crippen LogP contribution in [-0.4, -0.2) is 31.2 Å². The fourth-order valence-electron chi connectivity index (χ4n) is 0.737. The van der Waals surface area contributed by atoms with Crippen LogP contribution in [0.4, 0.5) is 4.39 Å². The Hall–Kier alpha value is -1.37. The third-order valence-electron chi connectivity index (χ3n) is 2.14. The van der Waals surface area contributed by atoms with Gasteiger partial charge in [0.2, 0.25) is 0 Å². The van der Waals surface area contributed by atoms with Crippen LogP contribution in [-0.2, 0) is 0 Å². The SMILES string of the molecule is CC[N+](C)(CC)CC=[C-]F.[Rf]. The summed E-state index contributed by atoms with van der Waals surface area (Å²) >= 11 is 0. The molecular formula is C8H16FNRf. The van der Waals surface area contributed by atoms with Crippen LogP contribution in [0.2, 0.25) is 0 Å². The Morgan fingerprint density at radius 3 is 2.09 bits per heavy atom. The van der Waals surface area contributed by atoms with E-state index < -0.39 is 0 Å². The topological polar surface area (TPSA) is 0 Å². The molecule has 0 fully saturated rings. The number of likely N-dealkylation sites (N-methyl/N-ethyl adjacent to an activating group) is 1. The summed E-state index contributed by atoms with van der Waals surface area (Å²) < 4.78 is 12.4. The predicted octanol–water partition coefficient (Wildman–Crippen LogP) is 1.76. The molecule has 0 aromatic rings. The summed E-state index contributed by atoms with van der Waals surface area (Å²) in [5.41, 5.74) is 0. The van der Waals surface area contributed by atoms with Crippen LogP contribution in [0, 0.1) is 6.33 Å². The Kier molecular flexibility index (Phi) is 6.07. The first-order valence-corrected chi connectivity index (χ1v) is 3.70. The first kappa shape index (κ1) is 12.3. The average molecular weight is 412 g/mol. The Morgan fingerprint density at radius 2 is 1.82 bits per heavy atom. The number of quaternary nitrogens is 1. The Labute approximate surface area is 62.7 Å². The van der Waals surface area contributed by atoms with Crippen LogP contribution in [0.15, 0.2) is 6.08 Å². The van der Waals surface area contributed by atoms with Crippen molar-refractivity contribution in [2.45, 2.75) is 13.8 Å². The molecule has 62 valence electrons. The molecule has 3 heteroatoms. The van der Waals surface area contributed by atoms with Crippen molar-refractivity contribution in [1.29, 1.82) is 0 Å². The third-order valence-corrected chi connectivity index (χ3v) is 2.14. The molecule has 0 unspecified atom stereocenters. The molecule has 0 radical (unpaired) electrons. The van der Waals surface area contributed by atoms with Crippen LogP contribution in [0.3, 0.4) is 0 Å². The molecule has 0 aliphatic heterocycles. The molecule has 0 aromatic carbocycles. The fraction of sp³-hybridized carbons (Fsp3) is 0.750. The molecule has 0 N–H and O–H groups in total. The molecule has 0 amide bonds.